The van der Waals surface area contributed by atoms with Crippen LogP contribution in [0.2, 0.25) is 5.02 Å². The molecule has 122 valence electrons. The largest absolute Gasteiger partial charge is 0.339 e. The summed E-state index contributed by atoms with van der Waals surface area (Å²) in [6.07, 6.45) is 0. The average Bonchev–Trinajstić information content (AvgIpc) is 3.06. The van der Waals surface area contributed by atoms with Crippen molar-refractivity contribution in [2.75, 3.05) is 5.32 Å². The van der Waals surface area contributed by atoms with Crippen molar-refractivity contribution in [1.82, 2.24) is 10.3 Å². The van der Waals surface area contributed by atoms with Crippen LogP contribution in [0.1, 0.15) is 11.3 Å². The molecule has 3 rings (SSSR count). The van der Waals surface area contributed by atoms with E-state index in [9.17, 15) is 4.39 Å². The second-order valence-corrected chi connectivity index (χ2v) is 6.19. The molecule has 0 amide bonds. The van der Waals surface area contributed by atoms with Gasteiger partial charge in [0.25, 0.3) is 0 Å². The molecule has 2 N–H and O–H groups in total. The van der Waals surface area contributed by atoms with Crippen LogP contribution in [0.5, 0.6) is 0 Å². The van der Waals surface area contributed by atoms with Gasteiger partial charge in [0.05, 0.1) is 5.02 Å². The highest BCUT2D eigenvalue weighted by atomic mass is 35.5. The van der Waals surface area contributed by atoms with Crippen LogP contribution in [-0.2, 0) is 5.75 Å². The van der Waals surface area contributed by atoms with Crippen molar-refractivity contribution in [3.05, 3.63) is 70.6 Å². The molecule has 0 spiro atoms. The van der Waals surface area contributed by atoms with Crippen LogP contribution in [-0.4, -0.2) is 16.1 Å². The van der Waals surface area contributed by atoms with Crippen molar-refractivity contribution in [3.63, 3.8) is 0 Å². The summed E-state index contributed by atoms with van der Waals surface area (Å²) >= 11 is 7.15. The van der Waals surface area contributed by atoms with Crippen molar-refractivity contribution in [3.8, 4) is 0 Å². The number of nitrogens with one attached hydrogen (secondary N) is 2. The van der Waals surface area contributed by atoms with Crippen LogP contribution < -0.4 is 5.32 Å². The summed E-state index contributed by atoms with van der Waals surface area (Å²) in [6, 6.07) is 14.0. The maximum Gasteiger partial charge on any atom is 0.183 e. The molecular weight excluding hydrogens is 351 g/mol. The molecule has 1 aromatic heterocycles. The van der Waals surface area contributed by atoms with E-state index in [1.165, 1.54) is 30.0 Å². The van der Waals surface area contributed by atoms with Crippen molar-refractivity contribution in [2.45, 2.75) is 10.8 Å². The molecule has 0 fully saturated rings. The molecule has 0 saturated heterocycles. The highest BCUT2D eigenvalue weighted by molar-refractivity contribution is 7.98. The number of anilines is 1. The lowest BCUT2D eigenvalue weighted by molar-refractivity contribution is 0.298. The SMILES string of the molecule is N=C(Nc1ccc(F)c(Cl)c1)c1nonc1SCc1ccccc1. The Morgan fingerprint density at radius 3 is 2.75 bits per heavy atom. The van der Waals surface area contributed by atoms with E-state index in [2.05, 4.69) is 15.6 Å². The molecule has 2 aromatic carbocycles. The summed E-state index contributed by atoms with van der Waals surface area (Å²) in [5, 5.41) is 19.0. The van der Waals surface area contributed by atoms with Gasteiger partial charge >= 0.3 is 0 Å². The minimum Gasteiger partial charge on any atom is -0.339 e. The Kier molecular flexibility index (Phi) is 5.12. The van der Waals surface area contributed by atoms with Gasteiger partial charge in [-0.05, 0) is 34.1 Å². The highest BCUT2D eigenvalue weighted by Gasteiger charge is 2.16. The quantitative estimate of drug-likeness (QED) is 0.394. The maximum atomic E-state index is 13.2. The lowest BCUT2D eigenvalue weighted by atomic mass is 10.2. The third-order valence-corrected chi connectivity index (χ3v) is 4.41. The van der Waals surface area contributed by atoms with E-state index in [0.717, 1.165) is 5.56 Å². The summed E-state index contributed by atoms with van der Waals surface area (Å²) in [5.74, 6) is 0.156. The van der Waals surface area contributed by atoms with Crippen LogP contribution in [0.3, 0.4) is 0 Å². The Balaban J connectivity index is 1.69. The zero-order chi connectivity index (χ0) is 16.9. The number of hydrogen-bond acceptors (Lipinski definition) is 5. The predicted octanol–water partition coefficient (Wildman–Crippen LogP) is 4.59. The zero-order valence-electron chi connectivity index (χ0n) is 12.3. The van der Waals surface area contributed by atoms with Gasteiger partial charge in [-0.1, -0.05) is 53.7 Å². The van der Waals surface area contributed by atoms with Gasteiger partial charge in [0.2, 0.25) is 0 Å². The molecule has 0 aliphatic heterocycles. The second kappa shape index (κ2) is 7.46. The molecule has 5 nitrogen and oxygen atoms in total. The van der Waals surface area contributed by atoms with E-state index < -0.39 is 5.82 Å². The zero-order valence-corrected chi connectivity index (χ0v) is 13.9. The van der Waals surface area contributed by atoms with Gasteiger partial charge in [0, 0.05) is 11.4 Å². The lowest BCUT2D eigenvalue weighted by Crippen LogP contribution is -2.13. The van der Waals surface area contributed by atoms with Crippen molar-refractivity contribution in [1.29, 1.82) is 5.41 Å². The Hall–Kier alpha value is -2.38. The normalized spacial score (nSPS) is 10.6. The number of benzene rings is 2. The fraction of sp³-hybridized carbons (Fsp3) is 0.0625. The molecule has 0 aliphatic carbocycles. The monoisotopic (exact) mass is 362 g/mol. The topological polar surface area (TPSA) is 74.8 Å². The summed E-state index contributed by atoms with van der Waals surface area (Å²) in [7, 11) is 0. The number of rotatable bonds is 5. The average molecular weight is 363 g/mol. The van der Waals surface area contributed by atoms with E-state index in [1.807, 2.05) is 30.3 Å². The molecule has 0 unspecified atom stereocenters. The van der Waals surface area contributed by atoms with Gasteiger partial charge in [-0.2, -0.15) is 0 Å². The fourth-order valence-corrected chi connectivity index (χ4v) is 2.97. The molecule has 0 bridgehead atoms. The second-order valence-electron chi connectivity index (χ2n) is 4.82. The maximum absolute atomic E-state index is 13.2. The van der Waals surface area contributed by atoms with E-state index in [4.69, 9.17) is 21.6 Å². The number of nitrogens with zero attached hydrogens (tertiary/aromatic N) is 2. The van der Waals surface area contributed by atoms with E-state index in [-0.39, 0.29) is 16.6 Å². The molecule has 0 aliphatic rings. The molecule has 0 saturated carbocycles. The lowest BCUT2D eigenvalue weighted by Gasteiger charge is -2.07. The van der Waals surface area contributed by atoms with Gasteiger partial charge in [-0.25, -0.2) is 9.02 Å². The molecule has 8 heteroatoms. The van der Waals surface area contributed by atoms with Crippen LogP contribution in [0.15, 0.2) is 58.2 Å². The van der Waals surface area contributed by atoms with Crippen LogP contribution in [0.25, 0.3) is 0 Å². The number of halogens is 2. The van der Waals surface area contributed by atoms with Crippen LogP contribution in [0, 0.1) is 11.2 Å². The molecule has 3 aromatic rings. The third-order valence-electron chi connectivity index (χ3n) is 3.10. The predicted molar refractivity (Wildman–Crippen MR) is 92.2 cm³/mol. The first-order valence-electron chi connectivity index (χ1n) is 6.94. The number of hydrogen-bond donors (Lipinski definition) is 2. The standard InChI is InChI=1S/C16H12ClFN4OS/c17-12-8-11(6-7-13(12)18)20-15(19)14-16(22-23-21-14)24-9-10-4-2-1-3-5-10/h1-8H,9H2,(H2,19,20). The van der Waals surface area contributed by atoms with Gasteiger partial charge in [-0.15, -0.1) is 0 Å². The smallest absolute Gasteiger partial charge is 0.183 e. The van der Waals surface area contributed by atoms with E-state index >= 15 is 0 Å². The highest BCUT2D eigenvalue weighted by Crippen LogP contribution is 2.25. The summed E-state index contributed by atoms with van der Waals surface area (Å²) in [4.78, 5) is 0. The third kappa shape index (κ3) is 3.93. The Morgan fingerprint density at radius 2 is 2.00 bits per heavy atom. The van der Waals surface area contributed by atoms with Crippen molar-refractivity contribution in [2.24, 2.45) is 0 Å². The Labute approximate surface area is 146 Å². The molecule has 0 atom stereocenters. The van der Waals surface area contributed by atoms with Gasteiger partial charge < -0.3 is 5.32 Å². The van der Waals surface area contributed by atoms with Crippen molar-refractivity contribution < 1.29 is 9.02 Å². The number of amidine groups is 1. The van der Waals surface area contributed by atoms with Gasteiger partial charge in [-0.3, -0.25) is 5.41 Å². The van der Waals surface area contributed by atoms with Gasteiger partial charge in [0.15, 0.2) is 16.6 Å². The molecule has 1 heterocycles. The van der Waals surface area contributed by atoms with Gasteiger partial charge in [0.1, 0.15) is 5.82 Å². The minimum absolute atomic E-state index is 0.00511. The first-order valence-corrected chi connectivity index (χ1v) is 8.30. The Morgan fingerprint density at radius 1 is 1.21 bits per heavy atom. The summed E-state index contributed by atoms with van der Waals surface area (Å²) in [6.45, 7) is 0. The first kappa shape index (κ1) is 16.5. The number of thioether (sulfide) groups is 1. The van der Waals surface area contributed by atoms with E-state index in [0.29, 0.717) is 16.5 Å². The van der Waals surface area contributed by atoms with E-state index in [1.54, 1.807) is 0 Å². The molecular formula is C16H12ClFN4OS. The summed E-state index contributed by atoms with van der Waals surface area (Å²) in [5.41, 5.74) is 1.89. The fourth-order valence-electron chi connectivity index (χ4n) is 1.93. The molecule has 0 radical (unpaired) electrons. The number of aromatic nitrogens is 2. The van der Waals surface area contributed by atoms with Crippen molar-refractivity contribution >= 4 is 34.9 Å². The van der Waals surface area contributed by atoms with Crippen LogP contribution in [0.4, 0.5) is 10.1 Å². The minimum atomic E-state index is -0.518. The summed E-state index contributed by atoms with van der Waals surface area (Å²) < 4.78 is 17.9. The first-order chi connectivity index (χ1) is 11.6. The Bertz CT molecular complexity index is 856. The van der Waals surface area contributed by atoms with Crippen LogP contribution >= 0.6 is 23.4 Å². The molecule has 24 heavy (non-hydrogen) atoms.